The zero-order chi connectivity index (χ0) is 20.0. The van der Waals surface area contributed by atoms with E-state index in [9.17, 15) is 9.59 Å². The number of anilines is 1. The molecule has 0 saturated carbocycles. The Bertz CT molecular complexity index is 672. The maximum absolute atomic E-state index is 12.8. The van der Waals surface area contributed by atoms with E-state index in [1.807, 2.05) is 0 Å². The molecule has 1 aromatic carbocycles. The molecule has 0 aliphatic carbocycles. The zero-order valence-electron chi connectivity index (χ0n) is 16.3. The molecule has 7 nitrogen and oxygen atoms in total. The molecule has 1 aliphatic heterocycles. The lowest BCUT2D eigenvalue weighted by Crippen LogP contribution is -2.53. The molecular formula is C19H27ClN2O5. The number of benzene rings is 1. The molecular weight excluding hydrogens is 372 g/mol. The molecule has 0 radical (unpaired) electrons. The quantitative estimate of drug-likeness (QED) is 0.638. The number of ether oxygens (including phenoxy) is 3. The van der Waals surface area contributed by atoms with Gasteiger partial charge in [-0.2, -0.15) is 0 Å². The van der Waals surface area contributed by atoms with Crippen molar-refractivity contribution in [1.82, 2.24) is 4.90 Å². The van der Waals surface area contributed by atoms with Gasteiger partial charge in [0, 0.05) is 45.3 Å². The first kappa shape index (κ1) is 21.5. The summed E-state index contributed by atoms with van der Waals surface area (Å²) in [6.45, 7) is 5.51. The van der Waals surface area contributed by atoms with Gasteiger partial charge in [-0.3, -0.25) is 9.59 Å². The Morgan fingerprint density at radius 2 is 1.85 bits per heavy atom. The van der Waals surface area contributed by atoms with Gasteiger partial charge in [-0.1, -0.05) is 11.6 Å². The number of rotatable bonds is 9. The van der Waals surface area contributed by atoms with Gasteiger partial charge in [0.2, 0.25) is 5.91 Å². The van der Waals surface area contributed by atoms with Crippen LogP contribution in [0.2, 0.25) is 5.02 Å². The highest BCUT2D eigenvalue weighted by atomic mass is 35.5. The number of hydrogen-bond donors (Lipinski definition) is 0. The standard InChI is InChI=1S/C19H27ClN2O5/c1-19(2)18(24)22(15-13-14(20)5-6-16(15)27-19)8-7-17(23)21(9-11-25-3)10-12-26-4/h5-6,13H,7-12H2,1-4H3. The van der Waals surface area contributed by atoms with Crippen LogP contribution in [-0.2, 0) is 19.1 Å². The summed E-state index contributed by atoms with van der Waals surface area (Å²) in [6, 6.07) is 5.14. The van der Waals surface area contributed by atoms with Crippen LogP contribution in [0.5, 0.6) is 5.75 Å². The lowest BCUT2D eigenvalue weighted by Gasteiger charge is -2.39. The number of amides is 2. The van der Waals surface area contributed by atoms with Gasteiger partial charge in [0.15, 0.2) is 5.60 Å². The number of carbonyl (C=O) groups is 2. The van der Waals surface area contributed by atoms with Crippen molar-refractivity contribution in [3.05, 3.63) is 23.2 Å². The van der Waals surface area contributed by atoms with Crippen LogP contribution >= 0.6 is 11.6 Å². The molecule has 0 saturated heterocycles. The van der Waals surface area contributed by atoms with E-state index in [-0.39, 0.29) is 24.8 Å². The van der Waals surface area contributed by atoms with Crippen molar-refractivity contribution in [3.63, 3.8) is 0 Å². The number of hydrogen-bond acceptors (Lipinski definition) is 5. The van der Waals surface area contributed by atoms with Crippen LogP contribution in [0.1, 0.15) is 20.3 Å². The van der Waals surface area contributed by atoms with Crippen LogP contribution in [-0.4, -0.2) is 69.4 Å². The highest BCUT2D eigenvalue weighted by molar-refractivity contribution is 6.31. The van der Waals surface area contributed by atoms with E-state index in [1.54, 1.807) is 56.1 Å². The Hall–Kier alpha value is -1.83. The molecule has 8 heteroatoms. The minimum atomic E-state index is -1.00. The Balaban J connectivity index is 2.13. The Morgan fingerprint density at radius 1 is 1.22 bits per heavy atom. The lowest BCUT2D eigenvalue weighted by molar-refractivity contribution is -0.134. The van der Waals surface area contributed by atoms with E-state index in [1.165, 1.54) is 0 Å². The van der Waals surface area contributed by atoms with Gasteiger partial charge in [0.05, 0.1) is 18.9 Å². The van der Waals surface area contributed by atoms with Crippen molar-refractivity contribution in [3.8, 4) is 5.75 Å². The second kappa shape index (κ2) is 9.39. The van der Waals surface area contributed by atoms with Crippen LogP contribution in [0.25, 0.3) is 0 Å². The summed E-state index contributed by atoms with van der Waals surface area (Å²) in [5.74, 6) is 0.308. The van der Waals surface area contributed by atoms with Gasteiger partial charge in [0.1, 0.15) is 5.75 Å². The van der Waals surface area contributed by atoms with Gasteiger partial charge in [-0.25, -0.2) is 0 Å². The van der Waals surface area contributed by atoms with E-state index in [4.69, 9.17) is 25.8 Å². The topological polar surface area (TPSA) is 68.3 Å². The molecule has 0 fully saturated rings. The molecule has 0 spiro atoms. The third-order valence-corrected chi connectivity index (χ3v) is 4.60. The molecule has 0 bridgehead atoms. The lowest BCUT2D eigenvalue weighted by atomic mass is 10.0. The summed E-state index contributed by atoms with van der Waals surface area (Å²) >= 11 is 6.09. The molecule has 1 aromatic rings. The molecule has 0 atom stereocenters. The molecule has 0 N–H and O–H groups in total. The maximum atomic E-state index is 12.8. The summed E-state index contributed by atoms with van der Waals surface area (Å²) in [5.41, 5.74) is -0.421. The van der Waals surface area contributed by atoms with Crippen molar-refractivity contribution in [2.45, 2.75) is 25.9 Å². The van der Waals surface area contributed by atoms with Crippen molar-refractivity contribution < 1.29 is 23.8 Å². The van der Waals surface area contributed by atoms with Gasteiger partial charge < -0.3 is 24.0 Å². The van der Waals surface area contributed by atoms with Gasteiger partial charge in [-0.05, 0) is 32.0 Å². The van der Waals surface area contributed by atoms with Gasteiger partial charge >= 0.3 is 0 Å². The minimum Gasteiger partial charge on any atom is -0.476 e. The third kappa shape index (κ3) is 5.34. The number of halogens is 1. The Morgan fingerprint density at radius 3 is 2.44 bits per heavy atom. The number of carbonyl (C=O) groups excluding carboxylic acids is 2. The normalized spacial score (nSPS) is 15.3. The summed E-state index contributed by atoms with van der Waals surface area (Å²) in [5, 5.41) is 0.503. The van der Waals surface area contributed by atoms with E-state index >= 15 is 0 Å². The minimum absolute atomic E-state index is 0.0650. The second-order valence-corrected chi connectivity index (χ2v) is 7.23. The van der Waals surface area contributed by atoms with Crippen LogP contribution in [0.4, 0.5) is 5.69 Å². The predicted molar refractivity (Wildman–Crippen MR) is 103 cm³/mol. The Kier molecular flexibility index (Phi) is 7.47. The average Bonchev–Trinajstić information content (AvgIpc) is 2.62. The van der Waals surface area contributed by atoms with Crippen molar-refractivity contribution in [1.29, 1.82) is 0 Å². The molecule has 0 aromatic heterocycles. The van der Waals surface area contributed by atoms with E-state index in [2.05, 4.69) is 0 Å². The Labute approximate surface area is 165 Å². The van der Waals surface area contributed by atoms with Gasteiger partial charge in [-0.15, -0.1) is 0 Å². The molecule has 27 heavy (non-hydrogen) atoms. The second-order valence-electron chi connectivity index (χ2n) is 6.80. The first-order valence-electron chi connectivity index (χ1n) is 8.86. The first-order chi connectivity index (χ1) is 12.8. The summed E-state index contributed by atoms with van der Waals surface area (Å²) < 4.78 is 15.9. The first-order valence-corrected chi connectivity index (χ1v) is 9.24. The average molecular weight is 399 g/mol. The van der Waals surface area contributed by atoms with Crippen LogP contribution < -0.4 is 9.64 Å². The number of fused-ring (bicyclic) bond motifs is 1. The summed E-state index contributed by atoms with van der Waals surface area (Å²) in [6.07, 6.45) is 0.182. The fraction of sp³-hybridized carbons (Fsp3) is 0.579. The van der Waals surface area contributed by atoms with Crippen LogP contribution in [0.3, 0.4) is 0 Å². The van der Waals surface area contributed by atoms with Crippen LogP contribution in [0.15, 0.2) is 18.2 Å². The predicted octanol–water partition coefficient (Wildman–Crippen LogP) is 2.36. The van der Waals surface area contributed by atoms with Gasteiger partial charge in [0.25, 0.3) is 5.91 Å². The number of nitrogens with zero attached hydrogens (tertiary/aromatic N) is 2. The third-order valence-electron chi connectivity index (χ3n) is 4.37. The molecule has 2 rings (SSSR count). The van der Waals surface area contributed by atoms with E-state index in [0.717, 1.165) is 0 Å². The zero-order valence-corrected chi connectivity index (χ0v) is 17.0. The SMILES string of the molecule is COCCN(CCOC)C(=O)CCN1C(=O)C(C)(C)Oc2ccc(Cl)cc21. The summed E-state index contributed by atoms with van der Waals surface area (Å²) in [7, 11) is 3.18. The fourth-order valence-electron chi connectivity index (χ4n) is 2.89. The van der Waals surface area contributed by atoms with Crippen molar-refractivity contribution in [2.75, 3.05) is 52.0 Å². The fourth-order valence-corrected chi connectivity index (χ4v) is 3.06. The van der Waals surface area contributed by atoms with Crippen molar-refractivity contribution >= 4 is 29.1 Å². The van der Waals surface area contributed by atoms with Crippen molar-refractivity contribution in [2.24, 2.45) is 0 Å². The monoisotopic (exact) mass is 398 g/mol. The number of methoxy groups -OCH3 is 2. The smallest absolute Gasteiger partial charge is 0.270 e. The maximum Gasteiger partial charge on any atom is 0.270 e. The largest absolute Gasteiger partial charge is 0.476 e. The van der Waals surface area contributed by atoms with Crippen LogP contribution in [0, 0.1) is 0 Å². The highest BCUT2D eigenvalue weighted by Gasteiger charge is 2.41. The molecule has 1 heterocycles. The van der Waals surface area contributed by atoms with E-state index in [0.29, 0.717) is 42.8 Å². The molecule has 2 amide bonds. The summed E-state index contributed by atoms with van der Waals surface area (Å²) in [4.78, 5) is 28.8. The van der Waals surface area contributed by atoms with E-state index < -0.39 is 5.60 Å². The highest BCUT2D eigenvalue weighted by Crippen LogP contribution is 2.39. The molecule has 150 valence electrons. The molecule has 0 unspecified atom stereocenters. The molecule has 1 aliphatic rings.